The van der Waals surface area contributed by atoms with Crippen molar-refractivity contribution in [3.8, 4) is 0 Å². The normalized spacial score (nSPS) is 15.2. The summed E-state index contributed by atoms with van der Waals surface area (Å²) in [6, 6.07) is 5.05. The highest BCUT2D eigenvalue weighted by Crippen LogP contribution is 2.24. The summed E-state index contributed by atoms with van der Waals surface area (Å²) in [4.78, 5) is 34.2. The minimum Gasteiger partial charge on any atom is -0.450 e. The van der Waals surface area contributed by atoms with Gasteiger partial charge >= 0.3 is 6.09 Å². The summed E-state index contributed by atoms with van der Waals surface area (Å²) in [5.74, 6) is -0.759. The van der Waals surface area contributed by atoms with E-state index in [0.717, 1.165) is 0 Å². The fraction of sp³-hybridized carbons (Fsp3) is 0.353. The molecule has 0 saturated heterocycles. The van der Waals surface area contributed by atoms with Gasteiger partial charge in [-0.2, -0.15) is 0 Å². The van der Waals surface area contributed by atoms with Gasteiger partial charge in [0, 0.05) is 35.5 Å². The van der Waals surface area contributed by atoms with Gasteiger partial charge in [0.05, 0.1) is 17.1 Å². The molecule has 0 fully saturated rings. The number of non-ortho nitro benzene ring substituents is 1. The topological polar surface area (TPSA) is 146 Å². The largest absolute Gasteiger partial charge is 0.450 e. The molecule has 0 aromatic heterocycles. The Morgan fingerprint density at radius 3 is 2.52 bits per heavy atom. The molecule has 1 aliphatic rings. The molecular formula is C17H21N5O5. The number of hydrogen-bond donors (Lipinski definition) is 4. The summed E-state index contributed by atoms with van der Waals surface area (Å²) >= 11 is 0. The molecule has 144 valence electrons. The van der Waals surface area contributed by atoms with Crippen LogP contribution in [0.1, 0.15) is 31.1 Å². The van der Waals surface area contributed by atoms with Crippen LogP contribution in [-0.4, -0.2) is 41.4 Å². The Hall–Kier alpha value is -3.27. The Bertz CT molecular complexity index is 814. The summed E-state index contributed by atoms with van der Waals surface area (Å²) in [6.45, 7) is 5.81. The van der Waals surface area contributed by atoms with E-state index in [-0.39, 0.29) is 30.2 Å². The summed E-state index contributed by atoms with van der Waals surface area (Å²) < 4.78 is 4.88. The predicted molar refractivity (Wildman–Crippen MR) is 97.6 cm³/mol. The number of ether oxygens (including phenoxy) is 1. The molecule has 0 spiro atoms. The van der Waals surface area contributed by atoms with E-state index in [1.54, 1.807) is 6.92 Å². The van der Waals surface area contributed by atoms with Crippen molar-refractivity contribution < 1.29 is 19.2 Å². The van der Waals surface area contributed by atoms with Crippen molar-refractivity contribution in [3.05, 3.63) is 51.2 Å². The number of nitrogens with one attached hydrogen (secondary N) is 4. The van der Waals surface area contributed by atoms with Gasteiger partial charge in [-0.25, -0.2) is 4.79 Å². The highest BCUT2D eigenvalue weighted by atomic mass is 16.6. The Morgan fingerprint density at radius 2 is 1.96 bits per heavy atom. The third-order valence-corrected chi connectivity index (χ3v) is 4.02. The zero-order valence-electron chi connectivity index (χ0n) is 15.2. The fourth-order valence-corrected chi connectivity index (χ4v) is 2.57. The molecule has 0 radical (unpaired) electrons. The van der Waals surface area contributed by atoms with Crippen molar-refractivity contribution in [2.24, 2.45) is 0 Å². The second kappa shape index (κ2) is 7.96. The molecule has 0 atom stereocenters. The standard InChI is InChI=1S/C17H21N5O5/c1-4-27-16(24)20-13-12(9-19-17(13,2)3)14(18)21-15(23)10-5-7-11(8-6-10)22(25)26/h5-8,19H,4,9H2,1-3H3,(H,20,24)(H2,18,21,23). The van der Waals surface area contributed by atoms with Gasteiger partial charge in [0.2, 0.25) is 0 Å². The van der Waals surface area contributed by atoms with E-state index in [0.29, 0.717) is 11.3 Å². The molecule has 0 unspecified atom stereocenters. The number of nitro benzene ring substituents is 1. The molecule has 0 saturated carbocycles. The highest BCUT2D eigenvalue weighted by Gasteiger charge is 2.35. The molecule has 1 aromatic carbocycles. The first kappa shape index (κ1) is 20.0. The number of amides is 2. The maximum Gasteiger partial charge on any atom is 0.411 e. The summed E-state index contributed by atoms with van der Waals surface area (Å²) in [5, 5.41) is 27.1. The Balaban J connectivity index is 2.17. The Morgan fingerprint density at radius 1 is 1.33 bits per heavy atom. The molecule has 0 aliphatic carbocycles. The maximum absolute atomic E-state index is 12.3. The number of carbonyl (C=O) groups is 2. The van der Waals surface area contributed by atoms with Crippen LogP contribution in [0.15, 0.2) is 35.5 Å². The van der Waals surface area contributed by atoms with Crippen molar-refractivity contribution in [2.75, 3.05) is 13.2 Å². The summed E-state index contributed by atoms with van der Waals surface area (Å²) in [7, 11) is 0. The van der Waals surface area contributed by atoms with E-state index in [2.05, 4.69) is 16.0 Å². The Labute approximate surface area is 155 Å². The van der Waals surface area contributed by atoms with Gasteiger partial charge in [-0.1, -0.05) is 0 Å². The second-order valence-corrected chi connectivity index (χ2v) is 6.31. The number of hydrogen-bond acceptors (Lipinski definition) is 7. The molecule has 0 bridgehead atoms. The lowest BCUT2D eigenvalue weighted by Gasteiger charge is -2.23. The number of rotatable bonds is 5. The van der Waals surface area contributed by atoms with Crippen LogP contribution < -0.4 is 16.0 Å². The lowest BCUT2D eigenvalue weighted by molar-refractivity contribution is -0.384. The first-order valence-electron chi connectivity index (χ1n) is 8.23. The second-order valence-electron chi connectivity index (χ2n) is 6.31. The van der Waals surface area contributed by atoms with Gasteiger partial charge in [0.25, 0.3) is 11.6 Å². The van der Waals surface area contributed by atoms with E-state index >= 15 is 0 Å². The average molecular weight is 375 g/mol. The molecule has 10 heteroatoms. The van der Waals surface area contributed by atoms with Crippen molar-refractivity contribution >= 4 is 23.5 Å². The minimum absolute atomic E-state index is 0.132. The number of carbonyl (C=O) groups excluding carboxylic acids is 2. The predicted octanol–water partition coefficient (Wildman–Crippen LogP) is 1.68. The number of amidine groups is 1. The molecule has 27 heavy (non-hydrogen) atoms. The molecule has 1 heterocycles. The van der Waals surface area contributed by atoms with Gasteiger partial charge in [0.1, 0.15) is 5.84 Å². The number of nitrogens with zero attached hydrogens (tertiary/aromatic N) is 1. The molecule has 10 nitrogen and oxygen atoms in total. The zero-order valence-corrected chi connectivity index (χ0v) is 15.2. The smallest absolute Gasteiger partial charge is 0.411 e. The number of benzene rings is 1. The molecule has 2 amide bonds. The van der Waals surface area contributed by atoms with Crippen LogP contribution in [0.4, 0.5) is 10.5 Å². The van der Waals surface area contributed by atoms with Crippen LogP contribution in [0.2, 0.25) is 0 Å². The van der Waals surface area contributed by atoms with Gasteiger partial charge < -0.3 is 15.4 Å². The highest BCUT2D eigenvalue weighted by molar-refractivity contribution is 6.12. The van der Waals surface area contributed by atoms with Crippen molar-refractivity contribution in [1.29, 1.82) is 5.41 Å². The first-order valence-corrected chi connectivity index (χ1v) is 8.23. The van der Waals surface area contributed by atoms with Gasteiger partial charge in [-0.05, 0) is 32.9 Å². The van der Waals surface area contributed by atoms with Crippen LogP contribution in [-0.2, 0) is 4.74 Å². The van der Waals surface area contributed by atoms with Crippen LogP contribution in [0.3, 0.4) is 0 Å². The molecular weight excluding hydrogens is 354 g/mol. The van der Waals surface area contributed by atoms with Gasteiger partial charge in [0.15, 0.2) is 0 Å². The summed E-state index contributed by atoms with van der Waals surface area (Å²) in [5.41, 5.74) is 0.285. The Kier molecular flexibility index (Phi) is 5.91. The fourth-order valence-electron chi connectivity index (χ4n) is 2.57. The zero-order chi connectivity index (χ0) is 20.2. The third kappa shape index (κ3) is 4.67. The SMILES string of the molecule is CCOC(=O)NC1=C(C(=N)NC(=O)c2ccc([N+](=O)[O-])cc2)CNC1(C)C. The van der Waals surface area contributed by atoms with Crippen LogP contribution in [0.5, 0.6) is 0 Å². The van der Waals surface area contributed by atoms with Crippen molar-refractivity contribution in [2.45, 2.75) is 26.3 Å². The van der Waals surface area contributed by atoms with Crippen molar-refractivity contribution in [1.82, 2.24) is 16.0 Å². The summed E-state index contributed by atoms with van der Waals surface area (Å²) in [6.07, 6.45) is -0.642. The van der Waals surface area contributed by atoms with Crippen molar-refractivity contribution in [3.63, 3.8) is 0 Å². The third-order valence-electron chi connectivity index (χ3n) is 4.02. The lowest BCUT2D eigenvalue weighted by atomic mass is 10.0. The molecule has 1 aliphatic heterocycles. The van der Waals surface area contributed by atoms with E-state index in [9.17, 15) is 19.7 Å². The lowest BCUT2D eigenvalue weighted by Crippen LogP contribution is -2.42. The van der Waals surface area contributed by atoms with Crippen LogP contribution in [0.25, 0.3) is 0 Å². The van der Waals surface area contributed by atoms with Crippen LogP contribution in [0, 0.1) is 15.5 Å². The monoisotopic (exact) mass is 375 g/mol. The first-order chi connectivity index (χ1) is 12.7. The van der Waals surface area contributed by atoms with E-state index < -0.39 is 22.5 Å². The minimum atomic E-state index is -0.642. The molecule has 4 N–H and O–H groups in total. The average Bonchev–Trinajstić information content (AvgIpc) is 2.90. The maximum atomic E-state index is 12.3. The van der Waals surface area contributed by atoms with E-state index in [1.165, 1.54) is 24.3 Å². The number of nitro groups is 1. The van der Waals surface area contributed by atoms with E-state index in [4.69, 9.17) is 10.1 Å². The van der Waals surface area contributed by atoms with E-state index in [1.807, 2.05) is 13.8 Å². The van der Waals surface area contributed by atoms with Gasteiger partial charge in [-0.15, -0.1) is 0 Å². The van der Waals surface area contributed by atoms with Gasteiger partial charge in [-0.3, -0.25) is 25.6 Å². The quantitative estimate of drug-likeness (QED) is 0.266. The molecule has 1 aromatic rings. The molecule has 2 rings (SSSR count). The van der Waals surface area contributed by atoms with Crippen LogP contribution >= 0.6 is 0 Å². The number of alkyl carbamates (subject to hydrolysis) is 1.